The molecule has 0 aliphatic rings. The molecule has 0 aromatic heterocycles. The van der Waals surface area contributed by atoms with Crippen LogP contribution in [0, 0.1) is 0 Å². The van der Waals surface area contributed by atoms with E-state index in [0.717, 1.165) is 23.0 Å². The molecule has 0 bridgehead atoms. The number of allylic oxidation sites excluding steroid dienone is 3. The molecule has 1 aromatic rings. The van der Waals surface area contributed by atoms with E-state index in [2.05, 4.69) is 6.58 Å². The van der Waals surface area contributed by atoms with E-state index in [4.69, 9.17) is 0 Å². The minimum atomic E-state index is 0.789. The van der Waals surface area contributed by atoms with Crippen LogP contribution in [-0.2, 0) is 4.79 Å². The standard InChI is InChI=1S/C12H12O/c1-10(2)12(8-9-13)11-6-4-3-5-7-11/h3-9H,1H2,2H3/b12-8+. The fraction of sp³-hybridized carbons (Fsp3) is 0.0833. The molecule has 0 saturated heterocycles. The highest BCUT2D eigenvalue weighted by Crippen LogP contribution is 2.19. The summed E-state index contributed by atoms with van der Waals surface area (Å²) in [5.74, 6) is 0. The van der Waals surface area contributed by atoms with E-state index in [1.165, 1.54) is 6.08 Å². The molecule has 1 aromatic carbocycles. The van der Waals surface area contributed by atoms with Crippen LogP contribution in [0.4, 0.5) is 0 Å². The molecule has 0 saturated carbocycles. The van der Waals surface area contributed by atoms with Crippen LogP contribution in [0.5, 0.6) is 0 Å². The van der Waals surface area contributed by atoms with Gasteiger partial charge in [-0.1, -0.05) is 42.5 Å². The summed E-state index contributed by atoms with van der Waals surface area (Å²) in [5, 5.41) is 0. The molecule has 13 heavy (non-hydrogen) atoms. The van der Waals surface area contributed by atoms with Gasteiger partial charge in [0.1, 0.15) is 6.29 Å². The first-order valence-corrected chi connectivity index (χ1v) is 4.12. The molecule has 0 radical (unpaired) electrons. The van der Waals surface area contributed by atoms with Crippen LogP contribution in [0.15, 0.2) is 48.6 Å². The second kappa shape index (κ2) is 4.41. The SMILES string of the molecule is C=C(C)/C(=C\C=O)c1ccccc1. The normalized spacial score (nSPS) is 11.0. The summed E-state index contributed by atoms with van der Waals surface area (Å²) in [6.07, 6.45) is 2.33. The molecule has 0 aliphatic carbocycles. The van der Waals surface area contributed by atoms with E-state index in [-0.39, 0.29) is 0 Å². The van der Waals surface area contributed by atoms with Crippen molar-refractivity contribution in [3.8, 4) is 0 Å². The van der Waals surface area contributed by atoms with Gasteiger partial charge in [-0.3, -0.25) is 4.79 Å². The van der Waals surface area contributed by atoms with Crippen molar-refractivity contribution >= 4 is 11.9 Å². The highest BCUT2D eigenvalue weighted by molar-refractivity contribution is 5.88. The number of hydrogen-bond donors (Lipinski definition) is 0. The fourth-order valence-corrected chi connectivity index (χ4v) is 1.17. The summed E-state index contributed by atoms with van der Waals surface area (Å²) in [6.45, 7) is 5.71. The van der Waals surface area contributed by atoms with Crippen molar-refractivity contribution in [3.63, 3.8) is 0 Å². The van der Waals surface area contributed by atoms with Gasteiger partial charge in [0.25, 0.3) is 0 Å². The van der Waals surface area contributed by atoms with Crippen LogP contribution in [0.25, 0.3) is 5.57 Å². The van der Waals surface area contributed by atoms with Crippen molar-refractivity contribution in [2.75, 3.05) is 0 Å². The monoisotopic (exact) mass is 172 g/mol. The molecule has 1 heteroatoms. The first kappa shape index (κ1) is 9.46. The molecule has 1 nitrogen and oxygen atoms in total. The zero-order valence-corrected chi connectivity index (χ0v) is 7.66. The molecule has 0 aliphatic heterocycles. The Morgan fingerprint density at radius 2 is 1.92 bits per heavy atom. The maximum atomic E-state index is 10.4. The Labute approximate surface area is 78.4 Å². The molecule has 0 amide bonds. The lowest BCUT2D eigenvalue weighted by molar-refractivity contribution is -0.104. The average molecular weight is 172 g/mol. The van der Waals surface area contributed by atoms with E-state index < -0.39 is 0 Å². The lowest BCUT2D eigenvalue weighted by atomic mass is 10.0. The van der Waals surface area contributed by atoms with Gasteiger partial charge in [-0.05, 0) is 24.1 Å². The highest BCUT2D eigenvalue weighted by atomic mass is 16.1. The molecule has 0 unspecified atom stereocenters. The molecular weight excluding hydrogens is 160 g/mol. The number of carbonyl (C=O) groups excluding carboxylic acids is 1. The zero-order chi connectivity index (χ0) is 9.68. The predicted octanol–water partition coefficient (Wildman–Crippen LogP) is 2.85. The van der Waals surface area contributed by atoms with E-state index >= 15 is 0 Å². The van der Waals surface area contributed by atoms with Gasteiger partial charge in [-0.25, -0.2) is 0 Å². The van der Waals surface area contributed by atoms with Crippen molar-refractivity contribution in [2.24, 2.45) is 0 Å². The Morgan fingerprint density at radius 1 is 1.31 bits per heavy atom. The molecule has 1 rings (SSSR count). The van der Waals surface area contributed by atoms with Crippen molar-refractivity contribution in [1.29, 1.82) is 0 Å². The minimum absolute atomic E-state index is 0.789. The molecule has 0 spiro atoms. The van der Waals surface area contributed by atoms with Gasteiger partial charge in [0.2, 0.25) is 0 Å². The second-order valence-electron chi connectivity index (χ2n) is 2.86. The largest absolute Gasteiger partial charge is 0.299 e. The third-order valence-electron chi connectivity index (χ3n) is 1.78. The summed E-state index contributed by atoms with van der Waals surface area (Å²) in [5.41, 5.74) is 2.83. The Kier molecular flexibility index (Phi) is 3.21. The minimum Gasteiger partial charge on any atom is -0.299 e. The Morgan fingerprint density at radius 3 is 2.38 bits per heavy atom. The number of aldehydes is 1. The van der Waals surface area contributed by atoms with Gasteiger partial charge in [0.05, 0.1) is 0 Å². The van der Waals surface area contributed by atoms with Gasteiger partial charge in [0.15, 0.2) is 0 Å². The van der Waals surface area contributed by atoms with Crippen LogP contribution in [0.1, 0.15) is 12.5 Å². The molecule has 0 heterocycles. The maximum Gasteiger partial charge on any atom is 0.143 e. The summed E-state index contributed by atoms with van der Waals surface area (Å²) in [4.78, 5) is 10.4. The molecule has 66 valence electrons. The van der Waals surface area contributed by atoms with Crippen molar-refractivity contribution in [2.45, 2.75) is 6.92 Å². The predicted molar refractivity (Wildman–Crippen MR) is 55.3 cm³/mol. The third kappa shape index (κ3) is 2.41. The van der Waals surface area contributed by atoms with Gasteiger partial charge in [0, 0.05) is 0 Å². The Balaban J connectivity index is 3.10. The van der Waals surface area contributed by atoms with Crippen molar-refractivity contribution < 1.29 is 4.79 Å². The Hall–Kier alpha value is -1.63. The molecular formula is C12H12O. The van der Waals surface area contributed by atoms with Crippen molar-refractivity contribution in [3.05, 3.63) is 54.1 Å². The lowest BCUT2D eigenvalue weighted by Gasteiger charge is -2.04. The fourth-order valence-electron chi connectivity index (χ4n) is 1.17. The zero-order valence-electron chi connectivity index (χ0n) is 7.66. The van der Waals surface area contributed by atoms with Crippen molar-refractivity contribution in [1.82, 2.24) is 0 Å². The van der Waals surface area contributed by atoms with Gasteiger partial charge >= 0.3 is 0 Å². The lowest BCUT2D eigenvalue weighted by Crippen LogP contribution is -1.85. The number of rotatable bonds is 3. The highest BCUT2D eigenvalue weighted by Gasteiger charge is 1.99. The Bertz CT molecular complexity index is 333. The van der Waals surface area contributed by atoms with Gasteiger partial charge < -0.3 is 0 Å². The van der Waals surface area contributed by atoms with E-state index in [1.54, 1.807) is 0 Å². The second-order valence-corrected chi connectivity index (χ2v) is 2.86. The smallest absolute Gasteiger partial charge is 0.143 e. The number of hydrogen-bond acceptors (Lipinski definition) is 1. The third-order valence-corrected chi connectivity index (χ3v) is 1.78. The number of benzene rings is 1. The van der Waals surface area contributed by atoms with Crippen LogP contribution in [0.3, 0.4) is 0 Å². The summed E-state index contributed by atoms with van der Waals surface area (Å²) >= 11 is 0. The molecule has 0 N–H and O–H groups in total. The summed E-state index contributed by atoms with van der Waals surface area (Å²) in [7, 11) is 0. The maximum absolute atomic E-state index is 10.4. The first-order valence-electron chi connectivity index (χ1n) is 4.12. The first-order chi connectivity index (χ1) is 6.25. The summed E-state index contributed by atoms with van der Waals surface area (Å²) < 4.78 is 0. The van der Waals surface area contributed by atoms with Gasteiger partial charge in [-0.2, -0.15) is 0 Å². The average Bonchev–Trinajstić information content (AvgIpc) is 2.15. The van der Waals surface area contributed by atoms with Crippen LogP contribution >= 0.6 is 0 Å². The quantitative estimate of drug-likeness (QED) is 0.389. The summed E-state index contributed by atoms with van der Waals surface area (Å²) in [6, 6.07) is 9.75. The van der Waals surface area contributed by atoms with Crippen LogP contribution in [-0.4, -0.2) is 6.29 Å². The van der Waals surface area contributed by atoms with Crippen LogP contribution in [0.2, 0.25) is 0 Å². The number of carbonyl (C=O) groups is 1. The van der Waals surface area contributed by atoms with E-state index in [1.807, 2.05) is 37.3 Å². The van der Waals surface area contributed by atoms with Gasteiger partial charge in [-0.15, -0.1) is 0 Å². The molecule has 0 atom stereocenters. The van der Waals surface area contributed by atoms with Crippen LogP contribution < -0.4 is 0 Å². The van der Waals surface area contributed by atoms with E-state index in [9.17, 15) is 4.79 Å². The topological polar surface area (TPSA) is 17.1 Å². The molecule has 0 fully saturated rings. The van der Waals surface area contributed by atoms with E-state index in [0.29, 0.717) is 0 Å².